The summed E-state index contributed by atoms with van der Waals surface area (Å²) in [6.45, 7) is 6.98. The predicted molar refractivity (Wildman–Crippen MR) is 131 cm³/mol. The smallest absolute Gasteiger partial charge is 0.256 e. The van der Waals surface area contributed by atoms with Crippen molar-refractivity contribution in [1.82, 2.24) is 4.98 Å². The van der Waals surface area contributed by atoms with Crippen molar-refractivity contribution < 1.29 is 9.53 Å². The Morgan fingerprint density at radius 3 is 2.38 bits per heavy atom. The molecule has 0 fully saturated rings. The van der Waals surface area contributed by atoms with Crippen LogP contribution in [0.3, 0.4) is 0 Å². The van der Waals surface area contributed by atoms with Crippen molar-refractivity contribution in [3.8, 4) is 17.0 Å². The van der Waals surface area contributed by atoms with E-state index in [2.05, 4.69) is 43.4 Å². The fourth-order valence-corrected chi connectivity index (χ4v) is 3.79. The molecule has 3 aromatic carbocycles. The lowest BCUT2D eigenvalue weighted by Gasteiger charge is -2.12. The van der Waals surface area contributed by atoms with Crippen LogP contribution in [0.15, 0.2) is 78.9 Å². The van der Waals surface area contributed by atoms with Crippen molar-refractivity contribution in [2.45, 2.75) is 27.2 Å². The first-order valence-electron chi connectivity index (χ1n) is 11.1. The van der Waals surface area contributed by atoms with E-state index in [4.69, 9.17) is 9.72 Å². The molecule has 0 aliphatic rings. The number of fused-ring (bicyclic) bond motifs is 1. The second-order valence-corrected chi connectivity index (χ2v) is 8.28. The molecule has 1 amide bonds. The third-order valence-corrected chi connectivity index (χ3v) is 5.28. The first kappa shape index (κ1) is 21.6. The molecule has 1 aromatic heterocycles. The molecule has 32 heavy (non-hydrogen) atoms. The van der Waals surface area contributed by atoms with Crippen LogP contribution in [-0.4, -0.2) is 17.5 Å². The van der Waals surface area contributed by atoms with Crippen LogP contribution in [0.1, 0.15) is 36.7 Å². The summed E-state index contributed by atoms with van der Waals surface area (Å²) < 4.78 is 5.48. The molecular formula is C28H28N2O2. The summed E-state index contributed by atoms with van der Waals surface area (Å²) in [5, 5.41) is 3.84. The number of nitrogens with one attached hydrogen (secondary N) is 1. The summed E-state index contributed by atoms with van der Waals surface area (Å²) in [7, 11) is 0. The number of carbonyl (C=O) groups excluding carboxylic acids is 1. The van der Waals surface area contributed by atoms with Crippen molar-refractivity contribution in [2.75, 3.05) is 11.9 Å². The van der Waals surface area contributed by atoms with Gasteiger partial charge < -0.3 is 10.1 Å². The highest BCUT2D eigenvalue weighted by atomic mass is 16.5. The monoisotopic (exact) mass is 424 g/mol. The van der Waals surface area contributed by atoms with E-state index >= 15 is 0 Å². The third-order valence-electron chi connectivity index (χ3n) is 5.28. The zero-order chi connectivity index (χ0) is 22.5. The Hall–Kier alpha value is -3.66. The second-order valence-electron chi connectivity index (χ2n) is 8.28. The number of benzene rings is 3. The molecule has 1 N–H and O–H groups in total. The largest absolute Gasteiger partial charge is 0.494 e. The number of pyridine rings is 1. The summed E-state index contributed by atoms with van der Waals surface area (Å²) in [6, 6.07) is 25.5. The van der Waals surface area contributed by atoms with Gasteiger partial charge in [0.15, 0.2) is 0 Å². The summed E-state index contributed by atoms with van der Waals surface area (Å²) in [5.41, 5.74) is 5.21. The SMILES string of the molecule is CCOc1ccc(NC(=O)c2cc(-c3ccc(CC(C)C)cc3)nc3ccccc23)cc1. The van der Waals surface area contributed by atoms with E-state index in [0.717, 1.165) is 40.0 Å². The maximum absolute atomic E-state index is 13.2. The molecule has 0 radical (unpaired) electrons. The van der Waals surface area contributed by atoms with Gasteiger partial charge in [0, 0.05) is 16.6 Å². The molecule has 0 spiro atoms. The lowest BCUT2D eigenvalue weighted by molar-refractivity contribution is 0.102. The molecule has 0 unspecified atom stereocenters. The Balaban J connectivity index is 1.66. The van der Waals surface area contributed by atoms with Gasteiger partial charge in [0.2, 0.25) is 0 Å². The zero-order valence-electron chi connectivity index (χ0n) is 18.8. The first-order valence-corrected chi connectivity index (χ1v) is 11.1. The Morgan fingerprint density at radius 2 is 1.69 bits per heavy atom. The number of hydrogen-bond acceptors (Lipinski definition) is 3. The molecule has 162 valence electrons. The topological polar surface area (TPSA) is 51.2 Å². The average molecular weight is 425 g/mol. The quantitative estimate of drug-likeness (QED) is 0.357. The maximum atomic E-state index is 13.2. The molecule has 0 aliphatic heterocycles. The highest BCUT2D eigenvalue weighted by Crippen LogP contribution is 2.26. The van der Waals surface area contributed by atoms with E-state index in [-0.39, 0.29) is 5.91 Å². The van der Waals surface area contributed by atoms with Gasteiger partial charge in [-0.25, -0.2) is 4.98 Å². The number of para-hydroxylation sites is 1. The Bertz CT molecular complexity index is 1210. The lowest BCUT2D eigenvalue weighted by atomic mass is 9.99. The minimum atomic E-state index is -0.162. The molecular weight excluding hydrogens is 396 g/mol. The number of nitrogens with zero attached hydrogens (tertiary/aromatic N) is 1. The van der Waals surface area contributed by atoms with Crippen molar-refractivity contribution in [3.05, 3.63) is 90.0 Å². The number of carbonyl (C=O) groups is 1. The van der Waals surface area contributed by atoms with Crippen LogP contribution in [0.4, 0.5) is 5.69 Å². The molecule has 4 aromatic rings. The zero-order valence-corrected chi connectivity index (χ0v) is 18.8. The van der Waals surface area contributed by atoms with E-state index in [1.807, 2.05) is 61.5 Å². The fraction of sp³-hybridized carbons (Fsp3) is 0.214. The number of amides is 1. The second kappa shape index (κ2) is 9.65. The van der Waals surface area contributed by atoms with Crippen LogP contribution < -0.4 is 10.1 Å². The van der Waals surface area contributed by atoms with Gasteiger partial charge in [-0.2, -0.15) is 0 Å². The predicted octanol–water partition coefficient (Wildman–Crippen LogP) is 6.75. The van der Waals surface area contributed by atoms with Crippen molar-refractivity contribution in [1.29, 1.82) is 0 Å². The number of anilines is 1. The number of rotatable bonds is 7. The molecule has 0 saturated heterocycles. The van der Waals surface area contributed by atoms with Crippen LogP contribution in [-0.2, 0) is 6.42 Å². The maximum Gasteiger partial charge on any atom is 0.256 e. The van der Waals surface area contributed by atoms with E-state index in [9.17, 15) is 4.79 Å². The average Bonchev–Trinajstić information content (AvgIpc) is 2.80. The van der Waals surface area contributed by atoms with Crippen molar-refractivity contribution in [2.24, 2.45) is 5.92 Å². The van der Waals surface area contributed by atoms with Gasteiger partial charge in [-0.3, -0.25) is 4.79 Å². The van der Waals surface area contributed by atoms with Crippen molar-refractivity contribution in [3.63, 3.8) is 0 Å². The van der Waals surface area contributed by atoms with Crippen LogP contribution in [0.5, 0.6) is 5.75 Å². The summed E-state index contributed by atoms with van der Waals surface area (Å²) in [6.07, 6.45) is 1.04. The Labute approximate surface area is 189 Å². The lowest BCUT2D eigenvalue weighted by Crippen LogP contribution is -2.13. The van der Waals surface area contributed by atoms with Crippen LogP contribution >= 0.6 is 0 Å². The van der Waals surface area contributed by atoms with Crippen LogP contribution in [0.2, 0.25) is 0 Å². The van der Waals surface area contributed by atoms with Gasteiger partial charge in [0.05, 0.1) is 23.4 Å². The normalized spacial score (nSPS) is 11.0. The van der Waals surface area contributed by atoms with E-state index in [1.54, 1.807) is 0 Å². The van der Waals surface area contributed by atoms with E-state index in [0.29, 0.717) is 18.1 Å². The molecule has 0 bridgehead atoms. The molecule has 4 rings (SSSR count). The fourth-order valence-electron chi connectivity index (χ4n) is 3.79. The molecule has 4 heteroatoms. The summed E-state index contributed by atoms with van der Waals surface area (Å²) in [4.78, 5) is 18.0. The van der Waals surface area contributed by atoms with Gasteiger partial charge in [0.1, 0.15) is 5.75 Å². The van der Waals surface area contributed by atoms with Gasteiger partial charge in [-0.05, 0) is 61.2 Å². The number of ether oxygens (including phenoxy) is 1. The van der Waals surface area contributed by atoms with Gasteiger partial charge in [-0.1, -0.05) is 56.3 Å². The first-order chi connectivity index (χ1) is 15.5. The minimum absolute atomic E-state index is 0.162. The van der Waals surface area contributed by atoms with Crippen LogP contribution in [0, 0.1) is 5.92 Å². The third kappa shape index (κ3) is 4.97. The van der Waals surface area contributed by atoms with E-state index < -0.39 is 0 Å². The summed E-state index contributed by atoms with van der Waals surface area (Å²) >= 11 is 0. The molecule has 0 aliphatic carbocycles. The van der Waals surface area contributed by atoms with Gasteiger partial charge in [0.25, 0.3) is 5.91 Å². The van der Waals surface area contributed by atoms with E-state index in [1.165, 1.54) is 5.56 Å². The molecule has 1 heterocycles. The summed E-state index contributed by atoms with van der Waals surface area (Å²) in [5.74, 6) is 1.23. The number of aromatic nitrogens is 1. The van der Waals surface area contributed by atoms with Crippen molar-refractivity contribution >= 4 is 22.5 Å². The molecule has 0 atom stereocenters. The highest BCUT2D eigenvalue weighted by molar-refractivity contribution is 6.13. The standard InChI is InChI=1S/C28H28N2O2/c1-4-32-23-15-13-22(14-16-23)29-28(31)25-18-27(30-26-8-6-5-7-24(25)26)21-11-9-20(10-12-21)17-19(2)3/h5-16,18-19H,4,17H2,1-3H3,(H,29,31). The van der Waals surface area contributed by atoms with Crippen LogP contribution in [0.25, 0.3) is 22.2 Å². The van der Waals surface area contributed by atoms with Gasteiger partial charge in [-0.15, -0.1) is 0 Å². The highest BCUT2D eigenvalue weighted by Gasteiger charge is 2.14. The molecule has 0 saturated carbocycles. The number of hydrogen-bond donors (Lipinski definition) is 1. The minimum Gasteiger partial charge on any atom is -0.494 e. The van der Waals surface area contributed by atoms with Gasteiger partial charge >= 0.3 is 0 Å². The Kier molecular flexibility index (Phi) is 6.50. The Morgan fingerprint density at radius 1 is 0.969 bits per heavy atom. The molecule has 4 nitrogen and oxygen atoms in total.